The fourth-order valence-corrected chi connectivity index (χ4v) is 5.46. The van der Waals surface area contributed by atoms with Gasteiger partial charge in [0.05, 0.1) is 4.58 Å². The molecule has 3 rings (SSSR count). The number of thioether (sulfide) groups is 2. The van der Waals surface area contributed by atoms with Crippen molar-refractivity contribution in [3.63, 3.8) is 0 Å². The van der Waals surface area contributed by atoms with E-state index in [-0.39, 0.29) is 5.75 Å². The van der Waals surface area contributed by atoms with Crippen LogP contribution in [0.25, 0.3) is 0 Å². The van der Waals surface area contributed by atoms with Gasteiger partial charge in [-0.25, -0.2) is 0 Å². The Kier molecular flexibility index (Phi) is 13.5. The van der Waals surface area contributed by atoms with E-state index in [1.165, 1.54) is 35.6 Å². The van der Waals surface area contributed by atoms with Crippen molar-refractivity contribution in [1.82, 2.24) is 0 Å². The topological polar surface area (TPSA) is 57.5 Å². The molecule has 0 atom stereocenters. The predicted molar refractivity (Wildman–Crippen MR) is 126 cm³/mol. The first kappa shape index (κ1) is 24.1. The zero-order valence-corrected chi connectivity index (χ0v) is 18.5. The number of aldehydes is 1. The zero-order chi connectivity index (χ0) is 19.9. The second-order valence-electron chi connectivity index (χ2n) is 5.54. The van der Waals surface area contributed by atoms with Gasteiger partial charge in [0.25, 0.3) is 0 Å². The smallest absolute Gasteiger partial charge is 0.150 e. The van der Waals surface area contributed by atoms with Gasteiger partial charge in [-0.05, 0) is 65.7 Å². The van der Waals surface area contributed by atoms with Crippen LogP contribution in [0.15, 0.2) is 48.5 Å². The van der Waals surface area contributed by atoms with Crippen molar-refractivity contribution in [2.75, 3.05) is 23.0 Å². The van der Waals surface area contributed by atoms with Crippen LogP contribution in [0, 0.1) is 0 Å². The molecule has 0 unspecified atom stereocenters. The van der Waals surface area contributed by atoms with Gasteiger partial charge >= 0.3 is 0 Å². The molecule has 7 heteroatoms. The van der Waals surface area contributed by atoms with E-state index in [2.05, 4.69) is 31.3 Å². The minimum atomic E-state index is 0.125. The number of carbonyl (C=O) groups is 1. The van der Waals surface area contributed by atoms with Crippen molar-refractivity contribution in [2.45, 2.75) is 17.4 Å². The van der Waals surface area contributed by atoms with Gasteiger partial charge < -0.3 is 10.2 Å². The Labute approximate surface area is 181 Å². The fourth-order valence-electron chi connectivity index (χ4n) is 2.02. The summed E-state index contributed by atoms with van der Waals surface area (Å²) in [4.78, 5) is 10.0. The lowest BCUT2D eigenvalue weighted by Gasteiger charge is -2.21. The Morgan fingerprint density at radius 1 is 0.963 bits per heavy atom. The summed E-state index contributed by atoms with van der Waals surface area (Å²) in [5, 5.41) is 18.1. The summed E-state index contributed by atoms with van der Waals surface area (Å²) in [6, 6.07) is 13.8. The van der Waals surface area contributed by atoms with Gasteiger partial charge in [0.15, 0.2) is 0 Å². The molecule has 0 radical (unpaired) electrons. The van der Waals surface area contributed by atoms with E-state index in [1.807, 2.05) is 35.7 Å². The SMILES string of the molecule is O=Cc1cccc(O)c1.Oc1cccc(C2SCCCS2)c1.SCCCS. The summed E-state index contributed by atoms with van der Waals surface area (Å²) in [5.74, 6) is 4.91. The lowest BCUT2D eigenvalue weighted by Crippen LogP contribution is -1.99. The van der Waals surface area contributed by atoms with Crippen molar-refractivity contribution < 1.29 is 15.0 Å². The first-order valence-corrected chi connectivity index (χ1v) is 11.9. The van der Waals surface area contributed by atoms with Gasteiger partial charge in [0.2, 0.25) is 0 Å². The highest BCUT2D eigenvalue weighted by Gasteiger charge is 2.16. The van der Waals surface area contributed by atoms with E-state index in [0.29, 0.717) is 22.2 Å². The highest BCUT2D eigenvalue weighted by atomic mass is 32.2. The number of benzene rings is 2. The Balaban J connectivity index is 0.000000227. The van der Waals surface area contributed by atoms with Crippen molar-refractivity contribution in [1.29, 1.82) is 0 Å². The number of hydrogen-bond donors (Lipinski definition) is 4. The van der Waals surface area contributed by atoms with Crippen LogP contribution in [0.3, 0.4) is 0 Å². The van der Waals surface area contributed by atoms with Gasteiger partial charge in [0.1, 0.15) is 17.8 Å². The van der Waals surface area contributed by atoms with E-state index in [4.69, 9.17) is 5.11 Å². The molecule has 0 aliphatic carbocycles. The van der Waals surface area contributed by atoms with Gasteiger partial charge in [-0.2, -0.15) is 25.3 Å². The molecule has 1 saturated heterocycles. The molecule has 2 aromatic rings. The molecular weight excluding hydrogens is 416 g/mol. The highest BCUT2D eigenvalue weighted by molar-refractivity contribution is 8.16. The molecule has 27 heavy (non-hydrogen) atoms. The minimum absolute atomic E-state index is 0.125. The zero-order valence-electron chi connectivity index (χ0n) is 15.0. The van der Waals surface area contributed by atoms with Crippen molar-refractivity contribution >= 4 is 55.1 Å². The number of phenolic OH excluding ortho intramolecular Hbond substituents is 2. The molecule has 0 bridgehead atoms. The lowest BCUT2D eigenvalue weighted by molar-refractivity contribution is 0.112. The minimum Gasteiger partial charge on any atom is -0.508 e. The second kappa shape index (κ2) is 15.1. The Morgan fingerprint density at radius 2 is 1.56 bits per heavy atom. The van der Waals surface area contributed by atoms with E-state index >= 15 is 0 Å². The quantitative estimate of drug-likeness (QED) is 0.361. The van der Waals surface area contributed by atoms with E-state index in [1.54, 1.807) is 18.2 Å². The van der Waals surface area contributed by atoms with Crippen LogP contribution >= 0.6 is 48.8 Å². The monoisotopic (exact) mass is 442 g/mol. The largest absolute Gasteiger partial charge is 0.508 e. The first-order chi connectivity index (χ1) is 13.1. The van der Waals surface area contributed by atoms with Crippen molar-refractivity contribution in [3.8, 4) is 11.5 Å². The lowest BCUT2D eigenvalue weighted by atomic mass is 10.2. The average Bonchev–Trinajstić information content (AvgIpc) is 2.70. The van der Waals surface area contributed by atoms with Crippen LogP contribution in [0.2, 0.25) is 0 Å². The summed E-state index contributed by atoms with van der Waals surface area (Å²) in [6.45, 7) is 0. The standard InChI is InChI=1S/C10H12OS2.C7H6O2.C3H8S2/c11-9-4-1-3-8(7-9)10-12-5-2-6-13-10;8-5-6-2-1-3-7(9)4-6;4-2-1-3-5/h1,3-4,7,10-11H,2,5-6H2;1-5,9H;4-5H,1-3H2. The van der Waals surface area contributed by atoms with Gasteiger partial charge in [0, 0.05) is 5.56 Å². The van der Waals surface area contributed by atoms with Crippen LogP contribution in [0.1, 0.15) is 33.3 Å². The maximum atomic E-state index is 10.0. The molecule has 148 valence electrons. The maximum Gasteiger partial charge on any atom is 0.150 e. The molecule has 3 nitrogen and oxygen atoms in total. The van der Waals surface area contributed by atoms with E-state index < -0.39 is 0 Å². The maximum absolute atomic E-state index is 10.0. The summed E-state index contributed by atoms with van der Waals surface area (Å²) in [5.41, 5.74) is 1.74. The molecule has 0 aromatic heterocycles. The van der Waals surface area contributed by atoms with Gasteiger partial charge in [-0.15, -0.1) is 23.5 Å². The first-order valence-electron chi connectivity index (χ1n) is 8.58. The van der Waals surface area contributed by atoms with Gasteiger partial charge in [-0.3, -0.25) is 4.79 Å². The Hall–Kier alpha value is -0.890. The fraction of sp³-hybridized carbons (Fsp3) is 0.350. The Bertz CT molecular complexity index is 659. The van der Waals surface area contributed by atoms with Crippen LogP contribution < -0.4 is 0 Å². The van der Waals surface area contributed by atoms with Crippen LogP contribution in [-0.4, -0.2) is 39.5 Å². The third-order valence-electron chi connectivity index (χ3n) is 3.29. The van der Waals surface area contributed by atoms with Crippen molar-refractivity contribution in [2.24, 2.45) is 0 Å². The Morgan fingerprint density at radius 3 is 2.00 bits per heavy atom. The molecule has 1 heterocycles. The van der Waals surface area contributed by atoms with Crippen LogP contribution in [0.5, 0.6) is 11.5 Å². The molecule has 1 aliphatic heterocycles. The molecule has 1 fully saturated rings. The molecule has 1 aliphatic rings. The number of carbonyl (C=O) groups excluding carboxylic acids is 1. The molecule has 0 saturated carbocycles. The summed E-state index contributed by atoms with van der Waals surface area (Å²) >= 11 is 11.9. The third-order valence-corrected chi connectivity index (χ3v) is 6.94. The second-order valence-corrected chi connectivity index (χ2v) is 9.15. The number of phenols is 2. The normalized spacial score (nSPS) is 13.6. The molecule has 2 N–H and O–H groups in total. The summed E-state index contributed by atoms with van der Waals surface area (Å²) in [7, 11) is 0. The average molecular weight is 443 g/mol. The number of aromatic hydroxyl groups is 2. The highest BCUT2D eigenvalue weighted by Crippen LogP contribution is 2.44. The molecule has 2 aromatic carbocycles. The summed E-state index contributed by atoms with van der Waals surface area (Å²) in [6.07, 6.45) is 3.12. The third kappa shape index (κ3) is 10.9. The molecule has 0 amide bonds. The summed E-state index contributed by atoms with van der Waals surface area (Å²) < 4.78 is 0.529. The number of thiol groups is 2. The van der Waals surface area contributed by atoms with E-state index in [9.17, 15) is 9.90 Å². The van der Waals surface area contributed by atoms with Crippen LogP contribution in [-0.2, 0) is 0 Å². The molecular formula is C20H26O3S4. The van der Waals surface area contributed by atoms with Crippen LogP contribution in [0.4, 0.5) is 0 Å². The number of rotatable bonds is 4. The van der Waals surface area contributed by atoms with Gasteiger partial charge in [-0.1, -0.05) is 24.3 Å². The van der Waals surface area contributed by atoms with E-state index in [0.717, 1.165) is 17.9 Å². The van der Waals surface area contributed by atoms with Crippen molar-refractivity contribution in [3.05, 3.63) is 59.7 Å². The predicted octanol–water partition coefficient (Wildman–Crippen LogP) is 5.70. The molecule has 0 spiro atoms. The number of hydrogen-bond acceptors (Lipinski definition) is 7.